The molecule has 1 N–H and O–H groups in total. The van der Waals surface area contributed by atoms with Crippen LogP contribution in [0.25, 0.3) is 0 Å². The third-order valence-electron chi connectivity index (χ3n) is 2.51. The standard InChI is InChI=1S/C13H12FN3O/c1-9(10-2-4-11(14)5-3-10)17-13(18)12-8-15-6-7-16-12/h2-9H,1H3,(H,17,18)/t9-/m1/s1. The molecule has 0 saturated heterocycles. The van der Waals surface area contributed by atoms with E-state index < -0.39 is 0 Å². The van der Waals surface area contributed by atoms with Gasteiger partial charge in [-0.25, -0.2) is 9.37 Å². The van der Waals surface area contributed by atoms with Crippen molar-refractivity contribution >= 4 is 5.91 Å². The minimum absolute atomic E-state index is 0.222. The van der Waals surface area contributed by atoms with Gasteiger partial charge in [0.1, 0.15) is 11.5 Å². The Morgan fingerprint density at radius 3 is 2.61 bits per heavy atom. The lowest BCUT2D eigenvalue weighted by Crippen LogP contribution is -2.27. The second kappa shape index (κ2) is 5.35. The maximum atomic E-state index is 12.8. The van der Waals surface area contributed by atoms with Crippen molar-refractivity contribution in [1.29, 1.82) is 0 Å². The molecular weight excluding hydrogens is 233 g/mol. The molecule has 1 atom stereocenters. The Hall–Kier alpha value is -2.30. The van der Waals surface area contributed by atoms with Gasteiger partial charge in [0.2, 0.25) is 0 Å². The number of aromatic nitrogens is 2. The predicted octanol–water partition coefficient (Wildman–Crippen LogP) is 2.11. The molecule has 4 nitrogen and oxygen atoms in total. The molecule has 1 heterocycles. The first kappa shape index (κ1) is 12.2. The van der Waals surface area contributed by atoms with Crippen LogP contribution < -0.4 is 5.32 Å². The molecule has 2 rings (SSSR count). The van der Waals surface area contributed by atoms with Gasteiger partial charge in [-0.15, -0.1) is 0 Å². The van der Waals surface area contributed by atoms with Gasteiger partial charge in [0.25, 0.3) is 5.91 Å². The summed E-state index contributed by atoms with van der Waals surface area (Å²) in [6.07, 6.45) is 4.35. The maximum absolute atomic E-state index is 12.8. The molecule has 0 aliphatic carbocycles. The monoisotopic (exact) mass is 245 g/mol. The number of carbonyl (C=O) groups excluding carboxylic acids is 1. The number of rotatable bonds is 3. The van der Waals surface area contributed by atoms with Gasteiger partial charge < -0.3 is 5.32 Å². The molecule has 0 saturated carbocycles. The van der Waals surface area contributed by atoms with Crippen molar-refractivity contribution in [2.24, 2.45) is 0 Å². The van der Waals surface area contributed by atoms with Gasteiger partial charge >= 0.3 is 0 Å². The van der Waals surface area contributed by atoms with Crippen molar-refractivity contribution in [3.63, 3.8) is 0 Å². The maximum Gasteiger partial charge on any atom is 0.271 e. The van der Waals surface area contributed by atoms with Crippen molar-refractivity contribution in [2.45, 2.75) is 13.0 Å². The molecule has 2 aromatic rings. The molecule has 0 bridgehead atoms. The summed E-state index contributed by atoms with van der Waals surface area (Å²) >= 11 is 0. The lowest BCUT2D eigenvalue weighted by molar-refractivity contribution is 0.0934. The van der Waals surface area contributed by atoms with E-state index in [4.69, 9.17) is 0 Å². The first-order valence-corrected chi connectivity index (χ1v) is 5.49. The molecule has 1 amide bonds. The first-order chi connectivity index (χ1) is 8.66. The summed E-state index contributed by atoms with van der Waals surface area (Å²) in [6, 6.07) is 5.77. The molecule has 18 heavy (non-hydrogen) atoms. The number of halogens is 1. The first-order valence-electron chi connectivity index (χ1n) is 5.49. The van der Waals surface area contributed by atoms with Crippen LogP contribution in [0.15, 0.2) is 42.9 Å². The molecule has 0 spiro atoms. The molecule has 0 aliphatic rings. The second-order valence-electron chi connectivity index (χ2n) is 3.84. The van der Waals surface area contributed by atoms with Crippen molar-refractivity contribution < 1.29 is 9.18 Å². The highest BCUT2D eigenvalue weighted by atomic mass is 19.1. The average Bonchev–Trinajstić information content (AvgIpc) is 2.40. The molecule has 0 unspecified atom stereocenters. The van der Waals surface area contributed by atoms with Gasteiger partial charge in [0, 0.05) is 12.4 Å². The molecule has 5 heteroatoms. The molecular formula is C13H12FN3O. The van der Waals surface area contributed by atoms with Crippen molar-refractivity contribution in [3.05, 3.63) is 59.9 Å². The molecule has 0 aliphatic heterocycles. The van der Waals surface area contributed by atoms with Crippen LogP contribution in [-0.4, -0.2) is 15.9 Å². The Bertz CT molecular complexity index is 528. The Kier molecular flexibility index (Phi) is 3.62. The second-order valence-corrected chi connectivity index (χ2v) is 3.84. The van der Waals surface area contributed by atoms with Crippen LogP contribution >= 0.6 is 0 Å². The molecule has 1 aromatic carbocycles. The summed E-state index contributed by atoms with van der Waals surface area (Å²) in [5, 5.41) is 2.77. The molecule has 92 valence electrons. The van der Waals surface area contributed by atoms with Crippen LogP contribution in [0.2, 0.25) is 0 Å². The smallest absolute Gasteiger partial charge is 0.271 e. The summed E-state index contributed by atoms with van der Waals surface area (Å²) in [6.45, 7) is 1.82. The van der Waals surface area contributed by atoms with Crippen LogP contribution in [0.4, 0.5) is 4.39 Å². The van der Waals surface area contributed by atoms with Gasteiger partial charge in [-0.2, -0.15) is 0 Å². The topological polar surface area (TPSA) is 54.9 Å². The van der Waals surface area contributed by atoms with Gasteiger partial charge in [-0.05, 0) is 24.6 Å². The molecule has 1 aromatic heterocycles. The Morgan fingerprint density at radius 1 is 1.28 bits per heavy atom. The van der Waals surface area contributed by atoms with E-state index in [0.29, 0.717) is 0 Å². The van der Waals surface area contributed by atoms with Gasteiger partial charge in [-0.1, -0.05) is 12.1 Å². The number of carbonyl (C=O) groups is 1. The summed E-state index contributed by atoms with van der Waals surface area (Å²) < 4.78 is 12.8. The number of nitrogens with one attached hydrogen (secondary N) is 1. The van der Waals surface area contributed by atoms with E-state index in [1.54, 1.807) is 12.1 Å². The summed E-state index contributed by atoms with van der Waals surface area (Å²) in [5.74, 6) is -0.605. The predicted molar refractivity (Wildman–Crippen MR) is 64.3 cm³/mol. The SMILES string of the molecule is C[C@@H](NC(=O)c1cnccn1)c1ccc(F)cc1. The van der Waals surface area contributed by atoms with Gasteiger partial charge in [-0.3, -0.25) is 9.78 Å². The molecule has 0 radical (unpaired) electrons. The highest BCUT2D eigenvalue weighted by Crippen LogP contribution is 2.13. The summed E-state index contributed by atoms with van der Waals surface area (Å²) in [7, 11) is 0. The fourth-order valence-electron chi connectivity index (χ4n) is 1.52. The third kappa shape index (κ3) is 2.88. The van der Waals surface area contributed by atoms with Crippen molar-refractivity contribution in [2.75, 3.05) is 0 Å². The summed E-state index contributed by atoms with van der Waals surface area (Å²) in [5.41, 5.74) is 1.08. The zero-order valence-corrected chi connectivity index (χ0v) is 9.80. The van der Waals surface area contributed by atoms with E-state index in [9.17, 15) is 9.18 Å². The van der Waals surface area contributed by atoms with Crippen molar-refractivity contribution in [3.8, 4) is 0 Å². The van der Waals surface area contributed by atoms with Gasteiger partial charge in [0.15, 0.2) is 0 Å². The minimum atomic E-state index is -0.306. The number of amides is 1. The Morgan fingerprint density at radius 2 is 2.00 bits per heavy atom. The fourth-order valence-corrected chi connectivity index (χ4v) is 1.52. The van der Waals surface area contributed by atoms with Crippen LogP contribution in [0.1, 0.15) is 29.0 Å². The van der Waals surface area contributed by atoms with E-state index in [1.807, 2.05) is 6.92 Å². The lowest BCUT2D eigenvalue weighted by Gasteiger charge is -2.13. The highest BCUT2D eigenvalue weighted by molar-refractivity contribution is 5.92. The zero-order chi connectivity index (χ0) is 13.0. The minimum Gasteiger partial charge on any atom is -0.344 e. The van der Waals surface area contributed by atoms with Crippen LogP contribution in [0.3, 0.4) is 0 Å². The lowest BCUT2D eigenvalue weighted by atomic mass is 10.1. The van der Waals surface area contributed by atoms with Gasteiger partial charge in [0.05, 0.1) is 12.2 Å². The largest absolute Gasteiger partial charge is 0.344 e. The van der Waals surface area contributed by atoms with E-state index in [-0.39, 0.29) is 23.5 Å². The normalized spacial score (nSPS) is 11.9. The molecule has 0 fully saturated rings. The highest BCUT2D eigenvalue weighted by Gasteiger charge is 2.12. The number of hydrogen-bond donors (Lipinski definition) is 1. The quantitative estimate of drug-likeness (QED) is 0.901. The van der Waals surface area contributed by atoms with E-state index in [0.717, 1.165) is 5.56 Å². The van der Waals surface area contributed by atoms with E-state index in [1.165, 1.54) is 30.7 Å². The zero-order valence-electron chi connectivity index (χ0n) is 9.80. The summed E-state index contributed by atoms with van der Waals surface area (Å²) in [4.78, 5) is 19.5. The van der Waals surface area contributed by atoms with Crippen LogP contribution in [0.5, 0.6) is 0 Å². The van der Waals surface area contributed by atoms with Crippen LogP contribution in [0, 0.1) is 5.82 Å². The number of hydrogen-bond acceptors (Lipinski definition) is 3. The average molecular weight is 245 g/mol. The van der Waals surface area contributed by atoms with Crippen molar-refractivity contribution in [1.82, 2.24) is 15.3 Å². The number of benzene rings is 1. The third-order valence-corrected chi connectivity index (χ3v) is 2.51. The van der Waals surface area contributed by atoms with E-state index in [2.05, 4.69) is 15.3 Å². The number of nitrogens with zero attached hydrogens (tertiary/aromatic N) is 2. The Balaban J connectivity index is 2.06. The van der Waals surface area contributed by atoms with Crippen LogP contribution in [-0.2, 0) is 0 Å². The Labute approximate surface area is 104 Å². The fraction of sp³-hybridized carbons (Fsp3) is 0.154. The van der Waals surface area contributed by atoms with E-state index >= 15 is 0 Å².